The van der Waals surface area contributed by atoms with Crippen LogP contribution in [0.3, 0.4) is 0 Å². The molecule has 0 amide bonds. The molecule has 5 nitrogen and oxygen atoms in total. The highest BCUT2D eigenvalue weighted by Gasteiger charge is 2.20. The van der Waals surface area contributed by atoms with Gasteiger partial charge in [-0.1, -0.05) is 30.3 Å². The van der Waals surface area contributed by atoms with Crippen LogP contribution in [-0.2, 0) is 19.5 Å². The Morgan fingerprint density at radius 1 is 0.967 bits per heavy atom. The number of hydrogen-bond donors (Lipinski definition) is 0. The zero-order chi connectivity index (χ0) is 20.3. The lowest BCUT2D eigenvalue weighted by Gasteiger charge is -2.27. The summed E-state index contributed by atoms with van der Waals surface area (Å²) in [6.07, 6.45) is 4.93. The summed E-state index contributed by atoms with van der Waals surface area (Å²) in [5.41, 5.74) is 4.58. The van der Waals surface area contributed by atoms with Crippen molar-refractivity contribution in [3.63, 3.8) is 0 Å². The van der Waals surface area contributed by atoms with Gasteiger partial charge in [0.25, 0.3) is 0 Å². The molecule has 0 atom stereocenters. The first-order chi connectivity index (χ1) is 14.8. The van der Waals surface area contributed by atoms with E-state index in [0.29, 0.717) is 0 Å². The lowest BCUT2D eigenvalue weighted by Crippen LogP contribution is -2.30. The van der Waals surface area contributed by atoms with Gasteiger partial charge in [0.2, 0.25) is 0 Å². The van der Waals surface area contributed by atoms with E-state index in [9.17, 15) is 0 Å². The molecule has 0 bridgehead atoms. The average molecular weight is 415 g/mol. The van der Waals surface area contributed by atoms with E-state index in [1.165, 1.54) is 16.1 Å². The summed E-state index contributed by atoms with van der Waals surface area (Å²) < 4.78 is 5.24. The smallest absolute Gasteiger partial charge is 0.159 e. The predicted molar refractivity (Wildman–Crippen MR) is 119 cm³/mol. The zero-order valence-corrected chi connectivity index (χ0v) is 17.6. The van der Waals surface area contributed by atoms with E-state index in [-0.39, 0.29) is 0 Å². The standard InChI is InChI=1S/C24H22N4OS/c1-29-20-9-7-18(8-10-20)24-26-14-21(30-24)16-28-12-11-22-19(15-28)13-25-23(27-22)17-5-3-2-4-6-17/h2-10,13-14H,11-12,15-16H2,1H3. The number of aromatic nitrogens is 3. The molecule has 2 aromatic heterocycles. The lowest BCUT2D eigenvalue weighted by molar-refractivity contribution is 0.245. The van der Waals surface area contributed by atoms with Gasteiger partial charge in [0.05, 0.1) is 12.8 Å². The first-order valence-corrected chi connectivity index (χ1v) is 10.8. The van der Waals surface area contributed by atoms with E-state index in [2.05, 4.69) is 39.1 Å². The van der Waals surface area contributed by atoms with E-state index in [0.717, 1.165) is 53.8 Å². The molecule has 0 N–H and O–H groups in total. The lowest BCUT2D eigenvalue weighted by atomic mass is 10.1. The van der Waals surface area contributed by atoms with Crippen molar-refractivity contribution >= 4 is 11.3 Å². The molecule has 0 saturated carbocycles. The Morgan fingerprint density at radius 2 is 1.80 bits per heavy atom. The quantitative estimate of drug-likeness (QED) is 0.468. The van der Waals surface area contributed by atoms with Gasteiger partial charge in [-0.15, -0.1) is 11.3 Å². The molecule has 4 aromatic rings. The maximum Gasteiger partial charge on any atom is 0.159 e. The van der Waals surface area contributed by atoms with Crippen LogP contribution >= 0.6 is 11.3 Å². The fourth-order valence-corrected chi connectivity index (χ4v) is 4.66. The van der Waals surface area contributed by atoms with Crippen LogP contribution < -0.4 is 4.74 Å². The number of hydrogen-bond acceptors (Lipinski definition) is 6. The van der Waals surface area contributed by atoms with Crippen molar-refractivity contribution in [1.82, 2.24) is 19.9 Å². The summed E-state index contributed by atoms with van der Waals surface area (Å²) in [5.74, 6) is 1.68. The minimum atomic E-state index is 0.814. The van der Waals surface area contributed by atoms with Gasteiger partial charge in [0, 0.05) is 60.0 Å². The van der Waals surface area contributed by atoms with E-state index in [1.807, 2.05) is 42.7 Å². The molecule has 5 rings (SSSR count). The maximum atomic E-state index is 5.24. The Hall–Kier alpha value is -3.09. The number of benzene rings is 2. The highest BCUT2D eigenvalue weighted by atomic mass is 32.1. The summed E-state index contributed by atoms with van der Waals surface area (Å²) in [4.78, 5) is 17.8. The van der Waals surface area contributed by atoms with E-state index in [4.69, 9.17) is 9.72 Å². The Kier molecular flexibility index (Phi) is 5.26. The second-order valence-corrected chi connectivity index (χ2v) is 8.47. The molecule has 2 aromatic carbocycles. The number of rotatable bonds is 5. The number of methoxy groups -OCH3 is 1. The monoisotopic (exact) mass is 414 g/mol. The van der Waals surface area contributed by atoms with Crippen LogP contribution in [0.1, 0.15) is 16.1 Å². The zero-order valence-electron chi connectivity index (χ0n) is 16.8. The molecule has 0 unspecified atom stereocenters. The van der Waals surface area contributed by atoms with Crippen molar-refractivity contribution < 1.29 is 4.74 Å². The topological polar surface area (TPSA) is 51.1 Å². The maximum absolute atomic E-state index is 5.24. The summed E-state index contributed by atoms with van der Waals surface area (Å²) in [5, 5.41) is 1.04. The van der Waals surface area contributed by atoms with Gasteiger partial charge in [-0.3, -0.25) is 4.90 Å². The Morgan fingerprint density at radius 3 is 2.60 bits per heavy atom. The molecule has 6 heteroatoms. The third kappa shape index (κ3) is 3.97. The van der Waals surface area contributed by atoms with Crippen molar-refractivity contribution in [3.05, 3.63) is 83.1 Å². The average Bonchev–Trinajstić information content (AvgIpc) is 3.28. The Labute approximate surface area is 180 Å². The Balaban J connectivity index is 1.27. The minimum Gasteiger partial charge on any atom is -0.497 e. The fraction of sp³-hybridized carbons (Fsp3) is 0.208. The van der Waals surface area contributed by atoms with E-state index < -0.39 is 0 Å². The van der Waals surface area contributed by atoms with E-state index in [1.54, 1.807) is 18.4 Å². The number of nitrogens with zero attached hydrogens (tertiary/aromatic N) is 4. The minimum absolute atomic E-state index is 0.814. The van der Waals surface area contributed by atoms with Crippen molar-refractivity contribution in [2.24, 2.45) is 0 Å². The van der Waals surface area contributed by atoms with Crippen molar-refractivity contribution in [1.29, 1.82) is 0 Å². The summed E-state index contributed by atoms with van der Waals surface area (Å²) in [6.45, 7) is 2.77. The highest BCUT2D eigenvalue weighted by molar-refractivity contribution is 7.15. The Bertz CT molecular complexity index is 1140. The number of ether oxygens (including phenoxy) is 1. The molecule has 150 valence electrons. The molecule has 30 heavy (non-hydrogen) atoms. The van der Waals surface area contributed by atoms with Crippen molar-refractivity contribution in [2.45, 2.75) is 19.5 Å². The second kappa shape index (κ2) is 8.34. The van der Waals surface area contributed by atoms with Crippen LogP contribution in [0.15, 0.2) is 67.0 Å². The van der Waals surface area contributed by atoms with Gasteiger partial charge in [0.15, 0.2) is 5.82 Å². The van der Waals surface area contributed by atoms with Crippen molar-refractivity contribution in [2.75, 3.05) is 13.7 Å². The van der Waals surface area contributed by atoms with Gasteiger partial charge >= 0.3 is 0 Å². The molecular weight excluding hydrogens is 392 g/mol. The third-order valence-electron chi connectivity index (χ3n) is 5.31. The molecule has 1 aliphatic heterocycles. The normalized spacial score (nSPS) is 13.8. The third-order valence-corrected chi connectivity index (χ3v) is 6.35. The molecule has 0 radical (unpaired) electrons. The molecule has 3 heterocycles. The van der Waals surface area contributed by atoms with Gasteiger partial charge in [-0.2, -0.15) is 0 Å². The van der Waals surface area contributed by atoms with Crippen molar-refractivity contribution in [3.8, 4) is 27.7 Å². The highest BCUT2D eigenvalue weighted by Crippen LogP contribution is 2.29. The molecule has 0 fully saturated rings. The molecule has 1 aliphatic rings. The molecule has 0 spiro atoms. The van der Waals surface area contributed by atoms with Crippen LogP contribution in [0.5, 0.6) is 5.75 Å². The first-order valence-electron chi connectivity index (χ1n) is 10.0. The molecule has 0 aliphatic carbocycles. The van der Waals surface area contributed by atoms with E-state index >= 15 is 0 Å². The summed E-state index contributed by atoms with van der Waals surface area (Å²) in [7, 11) is 1.68. The predicted octanol–water partition coefficient (Wildman–Crippen LogP) is 4.83. The van der Waals surface area contributed by atoms with Gasteiger partial charge in [0.1, 0.15) is 10.8 Å². The SMILES string of the molecule is COc1ccc(-c2ncc(CN3CCc4nc(-c5ccccc5)ncc4C3)s2)cc1. The number of thiazole rings is 1. The second-order valence-electron chi connectivity index (χ2n) is 7.35. The molecule has 0 saturated heterocycles. The van der Waals surface area contributed by atoms with Crippen LogP contribution in [0.25, 0.3) is 22.0 Å². The summed E-state index contributed by atoms with van der Waals surface area (Å²) in [6, 6.07) is 18.2. The van der Waals surface area contributed by atoms with Crippen LogP contribution in [0, 0.1) is 0 Å². The van der Waals surface area contributed by atoms with Gasteiger partial charge < -0.3 is 4.74 Å². The first kappa shape index (κ1) is 18.9. The van der Waals surface area contributed by atoms with Crippen LogP contribution in [0.2, 0.25) is 0 Å². The summed E-state index contributed by atoms with van der Waals surface area (Å²) >= 11 is 1.75. The fourth-order valence-electron chi connectivity index (χ4n) is 3.70. The largest absolute Gasteiger partial charge is 0.497 e. The van der Waals surface area contributed by atoms with Crippen LogP contribution in [-0.4, -0.2) is 33.5 Å². The van der Waals surface area contributed by atoms with Crippen LogP contribution in [0.4, 0.5) is 0 Å². The van der Waals surface area contributed by atoms with Gasteiger partial charge in [-0.05, 0) is 24.3 Å². The van der Waals surface area contributed by atoms with Gasteiger partial charge in [-0.25, -0.2) is 15.0 Å². The molecular formula is C24H22N4OS. The number of fused-ring (bicyclic) bond motifs is 1.